The van der Waals surface area contributed by atoms with Crippen LogP contribution in [0.15, 0.2) is 0 Å². The molecule has 0 saturated carbocycles. The van der Waals surface area contributed by atoms with E-state index in [1.807, 2.05) is 9.47 Å². The topological polar surface area (TPSA) is 97.6 Å². The Morgan fingerprint density at radius 3 is 2.69 bits per heavy atom. The van der Waals surface area contributed by atoms with E-state index < -0.39 is 31.8 Å². The standard InChI is InChI=1S/C5H11FO7P2S/c6-3-4(12-14)2(11-5(3)7)1-10-15(9,16)13-8/h2-5,7,9,16H,1,14H2/p+1/t2-,3+,4-,5+,15?/m1/s1. The number of halogens is 1. The highest BCUT2D eigenvalue weighted by molar-refractivity contribution is 8.47. The molecule has 0 spiro atoms. The fraction of sp³-hybridized carbons (Fsp3) is 1.00. The van der Waals surface area contributed by atoms with Crippen LogP contribution in [0, 0.1) is 0 Å². The van der Waals surface area contributed by atoms with Gasteiger partial charge in [-0.3, -0.25) is 0 Å². The van der Waals surface area contributed by atoms with E-state index in [0.717, 1.165) is 0 Å². The van der Waals surface area contributed by atoms with Gasteiger partial charge in [-0.05, 0) is 4.67 Å². The minimum absolute atomic E-state index is 0.356. The summed E-state index contributed by atoms with van der Waals surface area (Å²) in [4.78, 5) is 9.10. The molecule has 2 unspecified atom stereocenters. The van der Waals surface area contributed by atoms with Gasteiger partial charge in [0.25, 0.3) is 0 Å². The van der Waals surface area contributed by atoms with Gasteiger partial charge in [-0.15, -0.1) is 0 Å². The van der Waals surface area contributed by atoms with Crippen LogP contribution in [0.3, 0.4) is 0 Å². The Morgan fingerprint density at radius 2 is 2.19 bits per heavy atom. The van der Waals surface area contributed by atoms with Crippen LogP contribution in [0.4, 0.5) is 4.39 Å². The monoisotopic (exact) mass is 297 g/mol. The molecule has 1 saturated heterocycles. The van der Waals surface area contributed by atoms with Gasteiger partial charge in [0, 0.05) is 9.47 Å². The van der Waals surface area contributed by atoms with Crippen molar-refractivity contribution in [1.82, 2.24) is 0 Å². The van der Waals surface area contributed by atoms with E-state index >= 15 is 0 Å². The molecule has 0 amide bonds. The summed E-state index contributed by atoms with van der Waals surface area (Å²) in [6, 6.07) is 0. The Labute approximate surface area is 98.8 Å². The molecule has 1 aliphatic rings. The van der Waals surface area contributed by atoms with Crippen molar-refractivity contribution < 1.29 is 38.1 Å². The molecule has 0 aromatic carbocycles. The van der Waals surface area contributed by atoms with Crippen LogP contribution in [0.5, 0.6) is 0 Å². The first-order chi connectivity index (χ1) is 7.41. The van der Waals surface area contributed by atoms with E-state index in [9.17, 15) is 4.39 Å². The van der Waals surface area contributed by atoms with Crippen LogP contribution >= 0.6 is 28.9 Å². The Bertz CT molecular complexity index is 235. The summed E-state index contributed by atoms with van der Waals surface area (Å²) >= 11 is 3.48. The van der Waals surface area contributed by atoms with Crippen molar-refractivity contribution in [2.75, 3.05) is 6.61 Å². The molecule has 3 N–H and O–H groups in total. The number of ether oxygens (including phenoxy) is 1. The van der Waals surface area contributed by atoms with E-state index in [4.69, 9.17) is 20.0 Å². The van der Waals surface area contributed by atoms with E-state index in [2.05, 4.69) is 26.0 Å². The lowest BCUT2D eigenvalue weighted by Gasteiger charge is -2.16. The summed E-state index contributed by atoms with van der Waals surface area (Å²) in [6.45, 7) is -0.356. The second-order valence-electron chi connectivity index (χ2n) is 2.98. The highest BCUT2D eigenvalue weighted by Gasteiger charge is 2.48. The van der Waals surface area contributed by atoms with E-state index in [0.29, 0.717) is 0 Å². The Kier molecular flexibility index (Phi) is 5.74. The van der Waals surface area contributed by atoms with Gasteiger partial charge in [0.1, 0.15) is 31.1 Å². The number of alkyl halides is 1. The lowest BCUT2D eigenvalue weighted by atomic mass is 10.2. The van der Waals surface area contributed by atoms with E-state index in [-0.39, 0.29) is 6.61 Å². The largest absolute Gasteiger partial charge is 0.511 e. The quantitative estimate of drug-likeness (QED) is 0.251. The average Bonchev–Trinajstić information content (AvgIpc) is 2.52. The van der Waals surface area contributed by atoms with Crippen molar-refractivity contribution >= 4 is 28.9 Å². The molecular formula is C5H12FO7P2S+. The van der Waals surface area contributed by atoms with Gasteiger partial charge in [0.15, 0.2) is 12.5 Å². The summed E-state index contributed by atoms with van der Waals surface area (Å²) in [7, 11) is -1.81. The number of aliphatic hydroxyl groups is 1. The van der Waals surface area contributed by atoms with Crippen LogP contribution < -0.4 is 0 Å². The predicted molar refractivity (Wildman–Crippen MR) is 58.1 cm³/mol. The summed E-state index contributed by atoms with van der Waals surface area (Å²) in [6.07, 6.45) is -5.36. The van der Waals surface area contributed by atoms with Gasteiger partial charge in [-0.25, -0.2) is 9.65 Å². The number of thiol groups is 1. The molecule has 1 rings (SSSR count). The molecule has 1 heterocycles. The van der Waals surface area contributed by atoms with Gasteiger partial charge in [0.05, 0.1) is 0 Å². The van der Waals surface area contributed by atoms with Crippen molar-refractivity contribution in [3.8, 4) is 0 Å². The molecule has 1 fully saturated rings. The molecule has 6 atom stereocenters. The lowest BCUT2D eigenvalue weighted by Crippen LogP contribution is -2.32. The Morgan fingerprint density at radius 1 is 1.56 bits per heavy atom. The van der Waals surface area contributed by atoms with Gasteiger partial charge in [-0.1, -0.05) is 0 Å². The van der Waals surface area contributed by atoms with Gasteiger partial charge < -0.3 is 14.4 Å². The third kappa shape index (κ3) is 3.68. The molecule has 0 radical (unpaired) electrons. The fourth-order valence-electron chi connectivity index (χ4n) is 1.19. The molecule has 7 nitrogen and oxygen atoms in total. The Balaban J connectivity index is 2.48. The maximum atomic E-state index is 13.2. The summed E-state index contributed by atoms with van der Waals surface area (Å²) in [5.74, 6) is 0. The second kappa shape index (κ2) is 6.15. The fourth-order valence-corrected chi connectivity index (χ4v) is 2.10. The lowest BCUT2D eigenvalue weighted by molar-refractivity contribution is -0.158. The highest BCUT2D eigenvalue weighted by Crippen LogP contribution is 2.60. The van der Waals surface area contributed by atoms with Gasteiger partial charge in [-0.2, -0.15) is 9.42 Å². The zero-order valence-electron chi connectivity index (χ0n) is 7.84. The average molecular weight is 297 g/mol. The van der Waals surface area contributed by atoms with Crippen LogP contribution in [-0.2, 0) is 18.5 Å². The van der Waals surface area contributed by atoms with Gasteiger partial charge in [0.2, 0.25) is 0 Å². The smallest absolute Gasteiger partial charge is 0.365 e. The third-order valence-electron chi connectivity index (χ3n) is 1.94. The number of rotatable bonds is 5. The molecule has 1 aliphatic heterocycles. The molecular weight excluding hydrogens is 285 g/mol. The first kappa shape index (κ1) is 14.9. The summed E-state index contributed by atoms with van der Waals surface area (Å²) < 4.78 is 30.9. The normalized spacial score (nSPS) is 38.6. The minimum atomic E-state index is -3.65. The molecule has 11 heteroatoms. The molecule has 96 valence electrons. The minimum Gasteiger partial charge on any atom is -0.365 e. The number of hydrogen-bond acceptors (Lipinski definition) is 8. The summed E-state index contributed by atoms with van der Waals surface area (Å²) in [5, 5.41) is 17.3. The predicted octanol–water partition coefficient (Wildman–Crippen LogP) is 0.323. The Hall–Kier alpha value is 0.860. The van der Waals surface area contributed by atoms with Crippen LogP contribution in [0.25, 0.3) is 0 Å². The molecule has 0 aromatic rings. The second-order valence-corrected chi connectivity index (χ2v) is 6.17. The van der Waals surface area contributed by atoms with E-state index in [1.165, 1.54) is 0 Å². The van der Waals surface area contributed by atoms with Crippen LogP contribution in [0.1, 0.15) is 0 Å². The maximum absolute atomic E-state index is 13.2. The van der Waals surface area contributed by atoms with Crippen LogP contribution in [0.2, 0.25) is 0 Å². The SMILES string of the molecule is OO[P+](O)(S)OC[C@H]1O[C@H](O)[C@@H](F)[C@@H]1OP. The molecule has 0 bridgehead atoms. The van der Waals surface area contributed by atoms with Crippen LogP contribution in [-0.4, -0.2) is 46.5 Å². The van der Waals surface area contributed by atoms with Crippen molar-refractivity contribution in [2.24, 2.45) is 0 Å². The first-order valence-corrected chi connectivity index (χ1v) is 7.27. The third-order valence-corrected chi connectivity index (χ3v) is 3.52. The van der Waals surface area contributed by atoms with E-state index in [1.54, 1.807) is 0 Å². The van der Waals surface area contributed by atoms with Crippen molar-refractivity contribution in [1.29, 1.82) is 0 Å². The number of hydrogen-bond donors (Lipinski definition) is 4. The maximum Gasteiger partial charge on any atom is 0.511 e. The zero-order chi connectivity index (χ0) is 12.3. The molecule has 0 aliphatic carbocycles. The first-order valence-electron chi connectivity index (χ1n) is 4.06. The number of aliphatic hydroxyl groups excluding tert-OH is 1. The van der Waals surface area contributed by atoms with Crippen molar-refractivity contribution in [2.45, 2.75) is 24.7 Å². The zero-order valence-corrected chi connectivity index (χ0v) is 10.8. The molecule has 0 aromatic heterocycles. The highest BCUT2D eigenvalue weighted by atomic mass is 32.7. The summed E-state index contributed by atoms with van der Waals surface area (Å²) in [5.41, 5.74) is 0. The van der Waals surface area contributed by atoms with Gasteiger partial charge >= 0.3 is 7.15 Å². The van der Waals surface area contributed by atoms with Crippen molar-refractivity contribution in [3.63, 3.8) is 0 Å². The molecule has 16 heavy (non-hydrogen) atoms. The van der Waals surface area contributed by atoms with Crippen molar-refractivity contribution in [3.05, 3.63) is 0 Å².